The summed E-state index contributed by atoms with van der Waals surface area (Å²) in [5.74, 6) is 0. The van der Waals surface area contributed by atoms with E-state index >= 15 is 0 Å². The second-order valence-corrected chi connectivity index (χ2v) is 4.11. The van der Waals surface area contributed by atoms with Gasteiger partial charge in [-0.05, 0) is 0 Å². The van der Waals surface area contributed by atoms with Crippen LogP contribution in [-0.2, 0) is 0 Å². The summed E-state index contributed by atoms with van der Waals surface area (Å²) in [5.41, 5.74) is 0.172. The Bertz CT molecular complexity index is 147. The summed E-state index contributed by atoms with van der Waals surface area (Å²) in [4.78, 5) is 3.98. The third-order valence-electron chi connectivity index (χ3n) is 1.74. The van der Waals surface area contributed by atoms with Crippen LogP contribution in [0.5, 0.6) is 0 Å². The van der Waals surface area contributed by atoms with Crippen LogP contribution in [0.15, 0.2) is 4.99 Å². The first-order chi connectivity index (χ1) is 4.93. The lowest BCUT2D eigenvalue weighted by molar-refractivity contribution is -0.658. The Labute approximate surface area is 74.0 Å². The zero-order chi connectivity index (χ0) is 9.07. The summed E-state index contributed by atoms with van der Waals surface area (Å²) in [5, 5.41) is 2.79. The van der Waals surface area contributed by atoms with E-state index < -0.39 is 0 Å². The number of rotatable bonds is 2. The summed E-state index contributed by atoms with van der Waals surface area (Å²) in [6.45, 7) is 6.47. The topological polar surface area (TPSA) is 29.0 Å². The van der Waals surface area contributed by atoms with Crippen molar-refractivity contribution in [2.75, 3.05) is 14.1 Å². The number of nitrogens with zero attached hydrogens (tertiary/aromatic N) is 1. The van der Waals surface area contributed by atoms with Crippen LogP contribution < -0.4 is 5.32 Å². The quantitative estimate of drug-likeness (QED) is 0.607. The van der Waals surface area contributed by atoms with E-state index in [9.17, 15) is 0 Å². The predicted octanol–water partition coefficient (Wildman–Crippen LogP) is 0.861. The molecule has 11 heavy (non-hydrogen) atoms. The molecule has 0 aromatic carbocycles. The molecule has 2 N–H and O–H groups in total. The molecule has 0 saturated heterocycles. The SMILES string of the molecule is CN=C(Cl)[C@H]([NH2+]C)C(C)(C)C. The minimum absolute atomic E-state index is 0.172. The maximum atomic E-state index is 5.93. The summed E-state index contributed by atoms with van der Waals surface area (Å²) < 4.78 is 0. The van der Waals surface area contributed by atoms with Gasteiger partial charge in [-0.15, -0.1) is 0 Å². The third kappa shape index (κ3) is 3.21. The van der Waals surface area contributed by atoms with Crippen LogP contribution in [0.25, 0.3) is 0 Å². The van der Waals surface area contributed by atoms with Gasteiger partial charge in [-0.3, -0.25) is 4.99 Å². The molecule has 1 atom stereocenters. The van der Waals surface area contributed by atoms with Crippen molar-refractivity contribution in [2.45, 2.75) is 26.8 Å². The third-order valence-corrected chi connectivity index (χ3v) is 2.14. The van der Waals surface area contributed by atoms with Gasteiger partial charge in [0.1, 0.15) is 6.04 Å². The molecule has 0 spiro atoms. The number of aliphatic imine (C=N–C) groups is 1. The average molecular weight is 178 g/mol. The minimum Gasteiger partial charge on any atom is -0.340 e. The van der Waals surface area contributed by atoms with Crippen LogP contribution in [0.3, 0.4) is 0 Å². The van der Waals surface area contributed by atoms with Gasteiger partial charge in [0, 0.05) is 12.5 Å². The largest absolute Gasteiger partial charge is 0.340 e. The average Bonchev–Trinajstić information content (AvgIpc) is 1.86. The van der Waals surface area contributed by atoms with Gasteiger partial charge in [-0.1, -0.05) is 32.4 Å². The number of hydrogen-bond acceptors (Lipinski definition) is 1. The summed E-state index contributed by atoms with van der Waals surface area (Å²) in [6, 6.07) is 0.272. The Morgan fingerprint density at radius 2 is 1.91 bits per heavy atom. The molecule has 0 bridgehead atoms. The lowest BCUT2D eigenvalue weighted by atomic mass is 9.87. The maximum Gasteiger partial charge on any atom is 0.158 e. The molecule has 0 rings (SSSR count). The Kier molecular flexibility index (Phi) is 4.04. The van der Waals surface area contributed by atoms with Gasteiger partial charge in [0.25, 0.3) is 0 Å². The zero-order valence-corrected chi connectivity index (χ0v) is 8.74. The fraction of sp³-hybridized carbons (Fsp3) is 0.875. The van der Waals surface area contributed by atoms with Crippen molar-refractivity contribution in [3.63, 3.8) is 0 Å². The molecule has 0 heterocycles. The van der Waals surface area contributed by atoms with Crippen molar-refractivity contribution in [2.24, 2.45) is 10.4 Å². The number of halogens is 1. The van der Waals surface area contributed by atoms with Gasteiger partial charge in [-0.25, -0.2) is 0 Å². The smallest absolute Gasteiger partial charge is 0.158 e. The molecular formula is C8H18ClN2+. The van der Waals surface area contributed by atoms with Gasteiger partial charge in [0.2, 0.25) is 0 Å². The highest BCUT2D eigenvalue weighted by atomic mass is 35.5. The van der Waals surface area contributed by atoms with Crippen LogP contribution in [-0.4, -0.2) is 25.3 Å². The fourth-order valence-corrected chi connectivity index (χ4v) is 1.59. The summed E-state index contributed by atoms with van der Waals surface area (Å²) in [7, 11) is 3.74. The second kappa shape index (κ2) is 4.07. The number of quaternary nitrogens is 1. The molecule has 0 aliphatic heterocycles. The molecule has 0 amide bonds. The van der Waals surface area contributed by atoms with Crippen molar-refractivity contribution < 1.29 is 5.32 Å². The second-order valence-electron chi connectivity index (χ2n) is 3.72. The predicted molar refractivity (Wildman–Crippen MR) is 50.3 cm³/mol. The monoisotopic (exact) mass is 177 g/mol. The van der Waals surface area contributed by atoms with Gasteiger partial charge in [-0.2, -0.15) is 0 Å². The molecule has 0 aromatic rings. The van der Waals surface area contributed by atoms with E-state index in [2.05, 4.69) is 31.1 Å². The van der Waals surface area contributed by atoms with Crippen LogP contribution >= 0.6 is 11.6 Å². The molecule has 2 nitrogen and oxygen atoms in total. The highest BCUT2D eigenvalue weighted by Crippen LogP contribution is 2.18. The van der Waals surface area contributed by atoms with Gasteiger partial charge >= 0.3 is 0 Å². The van der Waals surface area contributed by atoms with Crippen LogP contribution in [0.2, 0.25) is 0 Å². The standard InChI is InChI=1S/C8H17ClN2/c1-8(2,3)6(10-4)7(9)11-5/h6,10H,1-5H3/p+1/t6-/m0/s1. The molecule has 0 fully saturated rings. The van der Waals surface area contributed by atoms with Gasteiger partial charge in [0.05, 0.1) is 7.05 Å². The first-order valence-corrected chi connectivity index (χ1v) is 4.23. The lowest BCUT2D eigenvalue weighted by Gasteiger charge is -2.25. The highest BCUT2D eigenvalue weighted by Gasteiger charge is 2.30. The first kappa shape index (κ1) is 10.9. The molecule has 0 unspecified atom stereocenters. The van der Waals surface area contributed by atoms with Crippen molar-refractivity contribution in [1.82, 2.24) is 0 Å². The van der Waals surface area contributed by atoms with Crippen molar-refractivity contribution >= 4 is 16.8 Å². The fourth-order valence-electron chi connectivity index (χ4n) is 1.13. The molecule has 66 valence electrons. The number of nitrogens with two attached hydrogens (primary N) is 1. The summed E-state index contributed by atoms with van der Waals surface area (Å²) in [6.07, 6.45) is 0. The van der Waals surface area contributed by atoms with Crippen LogP contribution in [0.4, 0.5) is 0 Å². The highest BCUT2D eigenvalue weighted by molar-refractivity contribution is 6.66. The van der Waals surface area contributed by atoms with Crippen molar-refractivity contribution in [3.8, 4) is 0 Å². The molecule has 3 heteroatoms. The van der Waals surface area contributed by atoms with E-state index in [1.54, 1.807) is 7.05 Å². The Hall–Kier alpha value is -0.0800. The Morgan fingerprint density at radius 1 is 1.45 bits per heavy atom. The van der Waals surface area contributed by atoms with E-state index in [1.807, 2.05) is 7.05 Å². The minimum atomic E-state index is 0.172. The van der Waals surface area contributed by atoms with E-state index in [0.29, 0.717) is 5.17 Å². The number of hydrogen-bond donors (Lipinski definition) is 1. The van der Waals surface area contributed by atoms with E-state index in [-0.39, 0.29) is 11.5 Å². The first-order valence-electron chi connectivity index (χ1n) is 3.85. The normalized spacial score (nSPS) is 16.7. The van der Waals surface area contributed by atoms with Gasteiger partial charge in [0.15, 0.2) is 5.17 Å². The van der Waals surface area contributed by atoms with Crippen LogP contribution in [0.1, 0.15) is 20.8 Å². The van der Waals surface area contributed by atoms with Gasteiger partial charge < -0.3 is 5.32 Å². The maximum absolute atomic E-state index is 5.93. The van der Waals surface area contributed by atoms with Crippen molar-refractivity contribution in [1.29, 1.82) is 0 Å². The van der Waals surface area contributed by atoms with E-state index in [4.69, 9.17) is 11.6 Å². The molecule has 0 aliphatic rings. The van der Waals surface area contributed by atoms with Crippen LogP contribution in [0, 0.1) is 5.41 Å². The summed E-state index contributed by atoms with van der Waals surface area (Å²) >= 11 is 5.93. The molecule has 0 aromatic heterocycles. The molecule has 0 radical (unpaired) electrons. The van der Waals surface area contributed by atoms with Crippen molar-refractivity contribution in [3.05, 3.63) is 0 Å². The Balaban J connectivity index is 4.42. The molecule has 0 saturated carbocycles. The zero-order valence-electron chi connectivity index (χ0n) is 7.98. The molecular weight excluding hydrogens is 160 g/mol. The van der Waals surface area contributed by atoms with E-state index in [1.165, 1.54) is 0 Å². The van der Waals surface area contributed by atoms with E-state index in [0.717, 1.165) is 0 Å². The molecule has 0 aliphatic carbocycles. The lowest BCUT2D eigenvalue weighted by Crippen LogP contribution is -2.90. The Morgan fingerprint density at radius 3 is 2.00 bits per heavy atom.